The quantitative estimate of drug-likeness (QED) is 0.480. The molecule has 2 heteroatoms. The lowest BCUT2D eigenvalue weighted by Gasteiger charge is -2.17. The Kier molecular flexibility index (Phi) is 4.09. The van der Waals surface area contributed by atoms with Crippen LogP contribution in [-0.2, 0) is 0 Å². The van der Waals surface area contributed by atoms with Crippen molar-refractivity contribution < 1.29 is 4.79 Å². The minimum absolute atomic E-state index is 0.0168. The van der Waals surface area contributed by atoms with Crippen LogP contribution in [0.2, 0.25) is 0 Å². The van der Waals surface area contributed by atoms with Crippen molar-refractivity contribution in [3.63, 3.8) is 0 Å². The van der Waals surface area contributed by atoms with Crippen LogP contribution in [0.4, 0.5) is 0 Å². The molecule has 4 rings (SSSR count). The van der Waals surface area contributed by atoms with E-state index < -0.39 is 0 Å². The van der Waals surface area contributed by atoms with Crippen molar-refractivity contribution in [2.45, 2.75) is 5.92 Å². The highest BCUT2D eigenvalue weighted by molar-refractivity contribution is 6.02. The first-order valence-corrected chi connectivity index (χ1v) is 8.33. The monoisotopic (exact) mass is 323 g/mol. The Balaban J connectivity index is 1.82. The van der Waals surface area contributed by atoms with Gasteiger partial charge in [0.05, 0.1) is 11.4 Å². The van der Waals surface area contributed by atoms with E-state index in [0.29, 0.717) is 5.69 Å². The van der Waals surface area contributed by atoms with Crippen LogP contribution in [0.5, 0.6) is 0 Å². The Labute approximate surface area is 146 Å². The summed E-state index contributed by atoms with van der Waals surface area (Å²) in [7, 11) is 0. The van der Waals surface area contributed by atoms with Crippen LogP contribution in [0.25, 0.3) is 10.9 Å². The SMILES string of the molecule is O=C(c1ccc2ccccc2n1)C(c1ccccc1)c1ccccc1. The van der Waals surface area contributed by atoms with E-state index in [-0.39, 0.29) is 11.7 Å². The molecule has 0 aliphatic carbocycles. The molecule has 0 bridgehead atoms. The van der Waals surface area contributed by atoms with Crippen molar-refractivity contribution in [3.8, 4) is 0 Å². The van der Waals surface area contributed by atoms with Gasteiger partial charge in [-0.05, 0) is 23.3 Å². The second-order valence-electron chi connectivity index (χ2n) is 6.01. The van der Waals surface area contributed by atoms with Gasteiger partial charge in [0, 0.05) is 5.39 Å². The minimum Gasteiger partial charge on any atom is -0.291 e. The van der Waals surface area contributed by atoms with Gasteiger partial charge < -0.3 is 0 Å². The number of carbonyl (C=O) groups is 1. The van der Waals surface area contributed by atoms with Gasteiger partial charge in [0.1, 0.15) is 5.69 Å². The van der Waals surface area contributed by atoms with E-state index in [1.165, 1.54) is 0 Å². The first-order chi connectivity index (χ1) is 12.3. The predicted molar refractivity (Wildman–Crippen MR) is 101 cm³/mol. The number of nitrogens with zero attached hydrogens (tertiary/aromatic N) is 1. The molecule has 0 aliphatic rings. The maximum atomic E-state index is 13.3. The molecule has 120 valence electrons. The average molecular weight is 323 g/mol. The van der Waals surface area contributed by atoms with Crippen LogP contribution in [-0.4, -0.2) is 10.8 Å². The number of Topliss-reactive ketones (excluding diaryl/α,β-unsaturated/α-hetero) is 1. The van der Waals surface area contributed by atoms with Crippen molar-refractivity contribution >= 4 is 16.7 Å². The molecule has 0 unspecified atom stereocenters. The molecule has 3 aromatic carbocycles. The topological polar surface area (TPSA) is 30.0 Å². The fourth-order valence-electron chi connectivity index (χ4n) is 3.14. The molecule has 0 aliphatic heterocycles. The van der Waals surface area contributed by atoms with E-state index in [9.17, 15) is 4.79 Å². The van der Waals surface area contributed by atoms with Gasteiger partial charge in [0.15, 0.2) is 5.78 Å². The lowest BCUT2D eigenvalue weighted by Crippen LogP contribution is -2.15. The number of hydrogen-bond donors (Lipinski definition) is 0. The van der Waals surface area contributed by atoms with Crippen molar-refractivity contribution in [2.75, 3.05) is 0 Å². The van der Waals surface area contributed by atoms with E-state index in [4.69, 9.17) is 0 Å². The summed E-state index contributed by atoms with van der Waals surface area (Å²) in [6.45, 7) is 0. The Morgan fingerprint density at radius 1 is 0.640 bits per heavy atom. The summed E-state index contributed by atoms with van der Waals surface area (Å²) in [5, 5.41) is 1.04. The molecule has 4 aromatic rings. The highest BCUT2D eigenvalue weighted by Crippen LogP contribution is 2.28. The number of ketones is 1. The summed E-state index contributed by atoms with van der Waals surface area (Å²) >= 11 is 0. The maximum Gasteiger partial charge on any atom is 0.193 e. The highest BCUT2D eigenvalue weighted by atomic mass is 16.1. The molecular weight excluding hydrogens is 306 g/mol. The summed E-state index contributed by atoms with van der Waals surface area (Å²) < 4.78 is 0. The first kappa shape index (κ1) is 15.3. The van der Waals surface area contributed by atoms with Gasteiger partial charge in [-0.3, -0.25) is 4.79 Å². The van der Waals surface area contributed by atoms with Crippen molar-refractivity contribution in [1.29, 1.82) is 0 Å². The smallest absolute Gasteiger partial charge is 0.193 e. The molecule has 25 heavy (non-hydrogen) atoms. The molecule has 0 radical (unpaired) electrons. The Hall–Kier alpha value is -3.26. The number of para-hydroxylation sites is 1. The number of benzene rings is 3. The lowest BCUT2D eigenvalue weighted by atomic mass is 9.86. The third-order valence-electron chi connectivity index (χ3n) is 4.38. The highest BCUT2D eigenvalue weighted by Gasteiger charge is 2.24. The van der Waals surface area contributed by atoms with E-state index in [1.807, 2.05) is 97.1 Å². The molecule has 2 nitrogen and oxygen atoms in total. The number of fused-ring (bicyclic) bond motifs is 1. The van der Waals surface area contributed by atoms with E-state index in [1.54, 1.807) is 0 Å². The van der Waals surface area contributed by atoms with E-state index in [0.717, 1.165) is 22.0 Å². The number of pyridine rings is 1. The zero-order valence-electron chi connectivity index (χ0n) is 13.7. The average Bonchev–Trinajstić information content (AvgIpc) is 2.69. The molecule has 0 saturated carbocycles. The normalized spacial score (nSPS) is 10.9. The van der Waals surface area contributed by atoms with Crippen molar-refractivity contribution in [3.05, 3.63) is 114 Å². The Morgan fingerprint density at radius 3 is 1.84 bits per heavy atom. The van der Waals surface area contributed by atoms with Gasteiger partial charge in [0.25, 0.3) is 0 Å². The van der Waals surface area contributed by atoms with Crippen LogP contribution in [0.15, 0.2) is 97.1 Å². The van der Waals surface area contributed by atoms with Crippen LogP contribution >= 0.6 is 0 Å². The van der Waals surface area contributed by atoms with Gasteiger partial charge in [-0.1, -0.05) is 84.9 Å². The number of hydrogen-bond acceptors (Lipinski definition) is 2. The third-order valence-corrected chi connectivity index (χ3v) is 4.38. The summed E-state index contributed by atoms with van der Waals surface area (Å²) in [5.41, 5.74) is 3.30. The van der Waals surface area contributed by atoms with Gasteiger partial charge >= 0.3 is 0 Å². The second-order valence-corrected chi connectivity index (χ2v) is 6.01. The molecule has 1 heterocycles. The molecule has 1 aromatic heterocycles. The number of carbonyl (C=O) groups excluding carboxylic acids is 1. The number of aromatic nitrogens is 1. The largest absolute Gasteiger partial charge is 0.291 e. The molecule has 0 atom stereocenters. The van der Waals surface area contributed by atoms with Crippen molar-refractivity contribution in [1.82, 2.24) is 4.98 Å². The molecule has 0 spiro atoms. The molecule has 0 N–H and O–H groups in total. The zero-order valence-corrected chi connectivity index (χ0v) is 13.7. The second kappa shape index (κ2) is 6.70. The summed E-state index contributed by atoms with van der Waals surface area (Å²) in [6.07, 6.45) is 0. The fourth-order valence-corrected chi connectivity index (χ4v) is 3.14. The Bertz CT molecular complexity index is 970. The maximum absolute atomic E-state index is 13.3. The van der Waals surface area contributed by atoms with Crippen LogP contribution < -0.4 is 0 Å². The summed E-state index contributed by atoms with van der Waals surface area (Å²) in [5.74, 6) is -0.334. The van der Waals surface area contributed by atoms with Crippen LogP contribution in [0.1, 0.15) is 27.5 Å². The zero-order chi connectivity index (χ0) is 17.1. The van der Waals surface area contributed by atoms with Crippen LogP contribution in [0, 0.1) is 0 Å². The van der Waals surface area contributed by atoms with Crippen molar-refractivity contribution in [2.24, 2.45) is 0 Å². The van der Waals surface area contributed by atoms with Gasteiger partial charge in [-0.25, -0.2) is 4.98 Å². The van der Waals surface area contributed by atoms with E-state index in [2.05, 4.69) is 4.98 Å². The van der Waals surface area contributed by atoms with Crippen LogP contribution in [0.3, 0.4) is 0 Å². The van der Waals surface area contributed by atoms with Gasteiger partial charge in [0.2, 0.25) is 0 Å². The number of rotatable bonds is 4. The van der Waals surface area contributed by atoms with E-state index >= 15 is 0 Å². The third kappa shape index (κ3) is 3.07. The predicted octanol–water partition coefficient (Wildman–Crippen LogP) is 5.25. The summed E-state index contributed by atoms with van der Waals surface area (Å²) in [6, 6.07) is 31.4. The fraction of sp³-hybridized carbons (Fsp3) is 0.0435. The first-order valence-electron chi connectivity index (χ1n) is 8.33. The van der Waals surface area contributed by atoms with Gasteiger partial charge in [-0.15, -0.1) is 0 Å². The summed E-state index contributed by atoms with van der Waals surface area (Å²) in [4.78, 5) is 17.9. The standard InChI is InChI=1S/C23H17NO/c25-23(21-16-15-17-9-7-8-14-20(17)24-21)22(18-10-3-1-4-11-18)19-12-5-2-6-13-19/h1-16,22H. The molecular formula is C23H17NO. The molecule has 0 saturated heterocycles. The molecule has 0 amide bonds. The Morgan fingerprint density at radius 2 is 1.20 bits per heavy atom. The lowest BCUT2D eigenvalue weighted by molar-refractivity contribution is 0.0969. The molecule has 0 fully saturated rings. The minimum atomic E-state index is -0.351. The van der Waals surface area contributed by atoms with Gasteiger partial charge in [-0.2, -0.15) is 0 Å².